The second-order valence-electron chi connectivity index (χ2n) is 3.50. The molecule has 1 heterocycles. The SMILES string of the molecule is COCCc1cccc(-n2cccc2)c1. The minimum atomic E-state index is 0.773. The van der Waals surface area contributed by atoms with E-state index in [9.17, 15) is 0 Å². The van der Waals surface area contributed by atoms with Crippen LogP contribution in [0, 0.1) is 0 Å². The van der Waals surface area contributed by atoms with Gasteiger partial charge in [0.25, 0.3) is 0 Å². The summed E-state index contributed by atoms with van der Waals surface area (Å²) in [6.45, 7) is 0.773. The molecule has 15 heavy (non-hydrogen) atoms. The highest BCUT2D eigenvalue weighted by Gasteiger charge is 1.97. The molecule has 0 radical (unpaired) electrons. The average molecular weight is 201 g/mol. The molecule has 0 aliphatic heterocycles. The molecule has 78 valence electrons. The molecule has 2 heteroatoms. The van der Waals surface area contributed by atoms with Crippen molar-refractivity contribution in [2.75, 3.05) is 13.7 Å². The number of aromatic nitrogens is 1. The first-order valence-electron chi connectivity index (χ1n) is 5.11. The normalized spacial score (nSPS) is 10.5. The van der Waals surface area contributed by atoms with Crippen LogP contribution in [0.15, 0.2) is 48.8 Å². The molecular weight excluding hydrogens is 186 g/mol. The molecule has 2 rings (SSSR count). The summed E-state index contributed by atoms with van der Waals surface area (Å²) < 4.78 is 7.18. The van der Waals surface area contributed by atoms with Gasteiger partial charge >= 0.3 is 0 Å². The Morgan fingerprint density at radius 3 is 2.67 bits per heavy atom. The van der Waals surface area contributed by atoms with E-state index in [-0.39, 0.29) is 0 Å². The van der Waals surface area contributed by atoms with Gasteiger partial charge in [-0.2, -0.15) is 0 Å². The molecule has 2 nitrogen and oxygen atoms in total. The smallest absolute Gasteiger partial charge is 0.0502 e. The summed E-state index contributed by atoms with van der Waals surface area (Å²) in [5.74, 6) is 0. The lowest BCUT2D eigenvalue weighted by Crippen LogP contribution is -1.96. The van der Waals surface area contributed by atoms with Gasteiger partial charge in [-0.1, -0.05) is 12.1 Å². The van der Waals surface area contributed by atoms with Crippen LogP contribution in [0.2, 0.25) is 0 Å². The maximum absolute atomic E-state index is 5.07. The number of nitrogens with zero attached hydrogens (tertiary/aromatic N) is 1. The Labute approximate surface area is 90.1 Å². The third-order valence-corrected chi connectivity index (χ3v) is 2.41. The predicted octanol–water partition coefficient (Wildman–Crippen LogP) is 2.67. The molecule has 0 aliphatic carbocycles. The topological polar surface area (TPSA) is 14.2 Å². The number of methoxy groups -OCH3 is 1. The Morgan fingerprint density at radius 2 is 1.93 bits per heavy atom. The van der Waals surface area contributed by atoms with Gasteiger partial charge in [-0.3, -0.25) is 0 Å². The van der Waals surface area contributed by atoms with Crippen molar-refractivity contribution < 1.29 is 4.74 Å². The number of hydrogen-bond acceptors (Lipinski definition) is 1. The Bertz CT molecular complexity index is 406. The summed E-state index contributed by atoms with van der Waals surface area (Å²) >= 11 is 0. The lowest BCUT2D eigenvalue weighted by Gasteiger charge is -2.05. The minimum Gasteiger partial charge on any atom is -0.384 e. The van der Waals surface area contributed by atoms with Crippen LogP contribution in [0.25, 0.3) is 5.69 Å². The molecule has 2 aromatic rings. The van der Waals surface area contributed by atoms with Gasteiger partial charge in [0.2, 0.25) is 0 Å². The number of ether oxygens (including phenoxy) is 1. The summed E-state index contributed by atoms with van der Waals surface area (Å²) in [5.41, 5.74) is 2.51. The number of hydrogen-bond donors (Lipinski definition) is 0. The fourth-order valence-electron chi connectivity index (χ4n) is 1.60. The highest BCUT2D eigenvalue weighted by Crippen LogP contribution is 2.11. The average Bonchev–Trinajstić information content (AvgIpc) is 2.80. The monoisotopic (exact) mass is 201 g/mol. The molecule has 0 atom stereocenters. The molecule has 0 bridgehead atoms. The lowest BCUT2D eigenvalue weighted by atomic mass is 10.1. The van der Waals surface area contributed by atoms with Gasteiger partial charge < -0.3 is 9.30 Å². The van der Waals surface area contributed by atoms with E-state index in [0.29, 0.717) is 0 Å². The van der Waals surface area contributed by atoms with Gasteiger partial charge in [-0.05, 0) is 36.2 Å². The van der Waals surface area contributed by atoms with E-state index in [4.69, 9.17) is 4.74 Å². The van der Waals surface area contributed by atoms with Crippen molar-refractivity contribution in [3.8, 4) is 5.69 Å². The van der Waals surface area contributed by atoms with Crippen LogP contribution in [0.5, 0.6) is 0 Å². The van der Waals surface area contributed by atoms with Crippen LogP contribution in [0.3, 0.4) is 0 Å². The standard InChI is InChI=1S/C13H15NO/c1-15-10-7-12-5-4-6-13(11-12)14-8-2-3-9-14/h2-6,8-9,11H,7,10H2,1H3. The Hall–Kier alpha value is -1.54. The van der Waals surface area contributed by atoms with Crippen molar-refractivity contribution in [3.63, 3.8) is 0 Å². The second kappa shape index (κ2) is 4.80. The fraction of sp³-hybridized carbons (Fsp3) is 0.231. The first kappa shape index (κ1) is 9.99. The van der Waals surface area contributed by atoms with Crippen molar-refractivity contribution in [3.05, 3.63) is 54.4 Å². The van der Waals surface area contributed by atoms with E-state index in [1.807, 2.05) is 12.1 Å². The highest BCUT2D eigenvalue weighted by molar-refractivity contribution is 5.36. The number of benzene rings is 1. The number of rotatable bonds is 4. The summed E-state index contributed by atoms with van der Waals surface area (Å²) in [7, 11) is 1.73. The van der Waals surface area contributed by atoms with Crippen LogP contribution < -0.4 is 0 Å². The predicted molar refractivity (Wildman–Crippen MR) is 61.3 cm³/mol. The van der Waals surface area contributed by atoms with E-state index in [1.165, 1.54) is 11.3 Å². The maximum Gasteiger partial charge on any atom is 0.0502 e. The lowest BCUT2D eigenvalue weighted by molar-refractivity contribution is 0.202. The third-order valence-electron chi connectivity index (χ3n) is 2.41. The van der Waals surface area contributed by atoms with Crippen LogP contribution >= 0.6 is 0 Å². The molecule has 0 saturated carbocycles. The fourth-order valence-corrected chi connectivity index (χ4v) is 1.60. The minimum absolute atomic E-state index is 0.773. The third kappa shape index (κ3) is 2.48. The Kier molecular flexibility index (Phi) is 3.20. The van der Waals surface area contributed by atoms with E-state index >= 15 is 0 Å². The van der Waals surface area contributed by atoms with Crippen molar-refractivity contribution >= 4 is 0 Å². The Balaban J connectivity index is 2.19. The summed E-state index contributed by atoms with van der Waals surface area (Å²) in [4.78, 5) is 0. The molecule has 0 unspecified atom stereocenters. The molecule has 1 aromatic carbocycles. The van der Waals surface area contributed by atoms with Crippen LogP contribution in [0.1, 0.15) is 5.56 Å². The van der Waals surface area contributed by atoms with Gasteiger partial charge in [0.05, 0.1) is 6.61 Å². The van der Waals surface area contributed by atoms with Crippen molar-refractivity contribution in [1.82, 2.24) is 4.57 Å². The van der Waals surface area contributed by atoms with E-state index in [0.717, 1.165) is 13.0 Å². The largest absolute Gasteiger partial charge is 0.384 e. The van der Waals surface area contributed by atoms with Crippen LogP contribution in [-0.2, 0) is 11.2 Å². The van der Waals surface area contributed by atoms with Gasteiger partial charge in [-0.15, -0.1) is 0 Å². The second-order valence-corrected chi connectivity index (χ2v) is 3.50. The summed E-state index contributed by atoms with van der Waals surface area (Å²) in [5, 5.41) is 0. The summed E-state index contributed by atoms with van der Waals surface area (Å²) in [6, 6.07) is 12.6. The molecule has 1 aromatic heterocycles. The molecule has 0 fully saturated rings. The quantitative estimate of drug-likeness (QED) is 0.741. The van der Waals surface area contributed by atoms with Gasteiger partial charge in [-0.25, -0.2) is 0 Å². The van der Waals surface area contributed by atoms with Gasteiger partial charge in [0.15, 0.2) is 0 Å². The zero-order valence-corrected chi connectivity index (χ0v) is 8.89. The maximum atomic E-state index is 5.07. The zero-order valence-electron chi connectivity index (χ0n) is 8.89. The van der Waals surface area contributed by atoms with E-state index in [2.05, 4.69) is 41.2 Å². The van der Waals surface area contributed by atoms with E-state index < -0.39 is 0 Å². The molecule has 0 saturated heterocycles. The van der Waals surface area contributed by atoms with Crippen LogP contribution in [0.4, 0.5) is 0 Å². The van der Waals surface area contributed by atoms with Crippen molar-refractivity contribution in [1.29, 1.82) is 0 Å². The zero-order chi connectivity index (χ0) is 10.5. The van der Waals surface area contributed by atoms with Crippen molar-refractivity contribution in [2.24, 2.45) is 0 Å². The highest BCUT2D eigenvalue weighted by atomic mass is 16.5. The Morgan fingerprint density at radius 1 is 1.13 bits per heavy atom. The molecule has 0 spiro atoms. The van der Waals surface area contributed by atoms with E-state index in [1.54, 1.807) is 7.11 Å². The molecule has 0 amide bonds. The van der Waals surface area contributed by atoms with Gasteiger partial charge in [0, 0.05) is 25.2 Å². The molecular formula is C13H15NO. The first-order chi connectivity index (χ1) is 7.40. The molecule has 0 N–H and O–H groups in total. The first-order valence-corrected chi connectivity index (χ1v) is 5.11. The summed E-state index contributed by atoms with van der Waals surface area (Å²) in [6.07, 6.45) is 5.07. The molecule has 0 aliphatic rings. The van der Waals surface area contributed by atoms with Crippen molar-refractivity contribution in [2.45, 2.75) is 6.42 Å². The van der Waals surface area contributed by atoms with Gasteiger partial charge in [0.1, 0.15) is 0 Å². The van der Waals surface area contributed by atoms with Crippen LogP contribution in [-0.4, -0.2) is 18.3 Å².